The Bertz CT molecular complexity index is 309. The summed E-state index contributed by atoms with van der Waals surface area (Å²) in [6.45, 7) is 6.83. The molecule has 0 fully saturated rings. The zero-order valence-electron chi connectivity index (χ0n) is 10.2. The molecule has 1 aromatic heterocycles. The van der Waals surface area contributed by atoms with Crippen molar-refractivity contribution in [3.63, 3.8) is 0 Å². The fourth-order valence-electron chi connectivity index (χ4n) is 1.58. The fourth-order valence-corrected chi connectivity index (χ4v) is 1.58. The number of hydrogen-bond acceptors (Lipinski definition) is 4. The van der Waals surface area contributed by atoms with Gasteiger partial charge in [0.05, 0.1) is 6.61 Å². The molecule has 0 amide bonds. The van der Waals surface area contributed by atoms with Gasteiger partial charge in [0.1, 0.15) is 5.82 Å². The number of anilines is 1. The van der Waals surface area contributed by atoms with Crippen molar-refractivity contribution >= 4 is 5.82 Å². The largest absolute Gasteiger partial charge is 0.395 e. The van der Waals surface area contributed by atoms with Crippen molar-refractivity contribution in [1.29, 1.82) is 0 Å². The summed E-state index contributed by atoms with van der Waals surface area (Å²) in [6, 6.07) is 4.27. The van der Waals surface area contributed by atoms with Crippen molar-refractivity contribution in [2.24, 2.45) is 5.73 Å². The predicted molar refractivity (Wildman–Crippen MR) is 66.4 cm³/mol. The van der Waals surface area contributed by atoms with Crippen molar-refractivity contribution < 1.29 is 5.11 Å². The smallest absolute Gasteiger partial charge is 0.128 e. The Morgan fingerprint density at radius 3 is 2.44 bits per heavy atom. The van der Waals surface area contributed by atoms with Crippen LogP contribution in [0, 0.1) is 0 Å². The number of hydrogen-bond donors (Lipinski definition) is 2. The first-order chi connectivity index (χ1) is 7.56. The summed E-state index contributed by atoms with van der Waals surface area (Å²) >= 11 is 0. The van der Waals surface area contributed by atoms with E-state index in [-0.39, 0.29) is 12.6 Å². The van der Waals surface area contributed by atoms with Crippen molar-refractivity contribution in [1.82, 2.24) is 4.98 Å². The Morgan fingerprint density at radius 2 is 2.06 bits per heavy atom. The second-order valence-electron chi connectivity index (χ2n) is 4.25. The van der Waals surface area contributed by atoms with Gasteiger partial charge < -0.3 is 15.7 Å². The highest BCUT2D eigenvalue weighted by Crippen LogP contribution is 2.16. The van der Waals surface area contributed by atoms with E-state index in [1.165, 1.54) is 0 Å². The Balaban J connectivity index is 2.85. The Hall–Kier alpha value is -1.13. The molecular formula is C12H21N3O. The molecule has 1 aromatic rings. The molecule has 0 saturated carbocycles. The van der Waals surface area contributed by atoms with E-state index < -0.39 is 0 Å². The van der Waals surface area contributed by atoms with Gasteiger partial charge in [0, 0.05) is 24.8 Å². The van der Waals surface area contributed by atoms with Crippen molar-refractivity contribution in [3.8, 4) is 0 Å². The summed E-state index contributed by atoms with van der Waals surface area (Å²) in [5, 5.41) is 9.00. The lowest BCUT2D eigenvalue weighted by molar-refractivity contribution is 0.298. The summed E-state index contributed by atoms with van der Waals surface area (Å²) in [5.74, 6) is 0.883. The van der Waals surface area contributed by atoms with Gasteiger partial charge in [-0.2, -0.15) is 0 Å². The molecule has 0 aliphatic rings. The van der Waals surface area contributed by atoms with E-state index in [2.05, 4.69) is 23.7 Å². The minimum atomic E-state index is 0.00638. The van der Waals surface area contributed by atoms with Crippen LogP contribution in [-0.2, 0) is 0 Å². The van der Waals surface area contributed by atoms with E-state index in [1.807, 2.05) is 19.1 Å². The van der Waals surface area contributed by atoms with Gasteiger partial charge >= 0.3 is 0 Å². The van der Waals surface area contributed by atoms with Crippen molar-refractivity contribution in [3.05, 3.63) is 23.9 Å². The third-order valence-corrected chi connectivity index (χ3v) is 2.56. The van der Waals surface area contributed by atoms with E-state index in [0.29, 0.717) is 12.6 Å². The molecule has 1 rings (SSSR count). The Labute approximate surface area is 97.1 Å². The fraction of sp³-hybridized carbons (Fsp3) is 0.583. The standard InChI is InChI=1S/C12H21N3O/c1-9(2)15(6-7-16)12-5-4-11(8-14-12)10(3)13/h4-5,8-10,16H,6-7,13H2,1-3H3/t10-/m1/s1. The third-order valence-electron chi connectivity index (χ3n) is 2.56. The lowest BCUT2D eigenvalue weighted by Gasteiger charge is -2.27. The van der Waals surface area contributed by atoms with Gasteiger partial charge in [0.25, 0.3) is 0 Å². The number of rotatable bonds is 5. The molecule has 0 aromatic carbocycles. The summed E-state index contributed by atoms with van der Waals surface area (Å²) in [4.78, 5) is 6.44. The highest BCUT2D eigenvalue weighted by atomic mass is 16.3. The van der Waals surface area contributed by atoms with Gasteiger partial charge in [-0.3, -0.25) is 0 Å². The minimum absolute atomic E-state index is 0.00638. The van der Waals surface area contributed by atoms with Crippen molar-refractivity contribution in [2.45, 2.75) is 32.9 Å². The van der Waals surface area contributed by atoms with Crippen LogP contribution in [0.2, 0.25) is 0 Å². The monoisotopic (exact) mass is 223 g/mol. The second-order valence-corrected chi connectivity index (χ2v) is 4.25. The maximum atomic E-state index is 9.00. The summed E-state index contributed by atoms with van der Waals surface area (Å²) in [6.07, 6.45) is 1.80. The van der Waals surface area contributed by atoms with Crippen LogP contribution >= 0.6 is 0 Å². The molecule has 90 valence electrons. The van der Waals surface area contributed by atoms with Crippen LogP contribution < -0.4 is 10.6 Å². The summed E-state index contributed by atoms with van der Waals surface area (Å²) in [7, 11) is 0. The molecule has 0 bridgehead atoms. The highest BCUT2D eigenvalue weighted by molar-refractivity contribution is 5.40. The molecule has 4 nitrogen and oxygen atoms in total. The van der Waals surface area contributed by atoms with Crippen LogP contribution in [0.15, 0.2) is 18.3 Å². The van der Waals surface area contributed by atoms with E-state index in [9.17, 15) is 0 Å². The highest BCUT2D eigenvalue weighted by Gasteiger charge is 2.11. The van der Waals surface area contributed by atoms with Crippen LogP contribution in [0.4, 0.5) is 5.82 Å². The normalized spacial score (nSPS) is 12.9. The van der Waals surface area contributed by atoms with Crippen LogP contribution in [0.3, 0.4) is 0 Å². The zero-order valence-corrected chi connectivity index (χ0v) is 10.2. The van der Waals surface area contributed by atoms with E-state index in [1.54, 1.807) is 6.20 Å². The minimum Gasteiger partial charge on any atom is -0.395 e. The maximum Gasteiger partial charge on any atom is 0.128 e. The van der Waals surface area contributed by atoms with Gasteiger partial charge in [-0.1, -0.05) is 6.07 Å². The Kier molecular flexibility index (Phi) is 4.71. The number of nitrogens with zero attached hydrogens (tertiary/aromatic N) is 2. The molecule has 0 unspecified atom stereocenters. The van der Waals surface area contributed by atoms with Crippen LogP contribution in [0.25, 0.3) is 0 Å². The first-order valence-electron chi connectivity index (χ1n) is 5.65. The average molecular weight is 223 g/mol. The maximum absolute atomic E-state index is 9.00. The van der Waals surface area contributed by atoms with Crippen LogP contribution in [0.5, 0.6) is 0 Å². The molecular weight excluding hydrogens is 202 g/mol. The van der Waals surface area contributed by atoms with E-state index in [0.717, 1.165) is 11.4 Å². The summed E-state index contributed by atoms with van der Waals surface area (Å²) < 4.78 is 0. The molecule has 0 radical (unpaired) electrons. The molecule has 0 aliphatic heterocycles. The van der Waals surface area contributed by atoms with E-state index in [4.69, 9.17) is 10.8 Å². The summed E-state index contributed by atoms with van der Waals surface area (Å²) in [5.41, 5.74) is 6.79. The molecule has 0 spiro atoms. The van der Waals surface area contributed by atoms with E-state index >= 15 is 0 Å². The number of pyridine rings is 1. The first kappa shape index (κ1) is 12.9. The molecule has 1 atom stereocenters. The number of aliphatic hydroxyl groups is 1. The molecule has 0 saturated heterocycles. The second kappa shape index (κ2) is 5.82. The lowest BCUT2D eigenvalue weighted by atomic mass is 10.1. The SMILES string of the molecule is CC(C)N(CCO)c1ccc([C@@H](C)N)cn1. The molecule has 3 N–H and O–H groups in total. The topological polar surface area (TPSA) is 62.4 Å². The van der Waals surface area contributed by atoms with Crippen LogP contribution in [0.1, 0.15) is 32.4 Å². The predicted octanol–water partition coefficient (Wildman–Crippen LogP) is 1.31. The Morgan fingerprint density at radius 1 is 1.38 bits per heavy atom. The number of aliphatic hydroxyl groups excluding tert-OH is 1. The number of aromatic nitrogens is 1. The van der Waals surface area contributed by atoms with Gasteiger partial charge in [-0.05, 0) is 32.4 Å². The molecule has 16 heavy (non-hydrogen) atoms. The van der Waals surface area contributed by atoms with Gasteiger partial charge in [-0.15, -0.1) is 0 Å². The first-order valence-corrected chi connectivity index (χ1v) is 5.65. The lowest BCUT2D eigenvalue weighted by Crippen LogP contribution is -2.34. The quantitative estimate of drug-likeness (QED) is 0.790. The average Bonchev–Trinajstić information content (AvgIpc) is 2.25. The number of nitrogens with two attached hydrogens (primary N) is 1. The van der Waals surface area contributed by atoms with Gasteiger partial charge in [-0.25, -0.2) is 4.98 Å². The van der Waals surface area contributed by atoms with Crippen LogP contribution in [-0.4, -0.2) is 29.3 Å². The van der Waals surface area contributed by atoms with Gasteiger partial charge in [0.15, 0.2) is 0 Å². The zero-order chi connectivity index (χ0) is 12.1. The van der Waals surface area contributed by atoms with Crippen molar-refractivity contribution in [2.75, 3.05) is 18.1 Å². The molecule has 4 heteroatoms. The molecule has 0 aliphatic carbocycles. The third kappa shape index (κ3) is 3.18. The molecule has 1 heterocycles. The van der Waals surface area contributed by atoms with Gasteiger partial charge in [0.2, 0.25) is 0 Å².